The number of methoxy groups -OCH3 is 1. The van der Waals surface area contributed by atoms with Crippen molar-refractivity contribution < 1.29 is 14.6 Å². The molecule has 6 heteroatoms. The van der Waals surface area contributed by atoms with Crippen molar-refractivity contribution in [1.82, 2.24) is 5.32 Å². The molecule has 0 spiro atoms. The molecule has 94 valence electrons. The van der Waals surface area contributed by atoms with Crippen LogP contribution in [-0.4, -0.2) is 37.4 Å². The minimum absolute atomic E-state index is 0.124. The van der Waals surface area contributed by atoms with Crippen molar-refractivity contribution in [3.63, 3.8) is 0 Å². The van der Waals surface area contributed by atoms with Gasteiger partial charge in [-0.2, -0.15) is 0 Å². The van der Waals surface area contributed by atoms with E-state index in [4.69, 9.17) is 10.5 Å². The number of rotatable bonds is 5. The second-order valence-electron chi connectivity index (χ2n) is 3.55. The Morgan fingerprint density at radius 3 is 3.00 bits per heavy atom. The number of aliphatic hydroxyl groups excluding tert-OH is 1. The van der Waals surface area contributed by atoms with Gasteiger partial charge >= 0.3 is 0 Å². The highest BCUT2D eigenvalue weighted by Gasteiger charge is 2.11. The highest BCUT2D eigenvalue weighted by molar-refractivity contribution is 9.10. The van der Waals surface area contributed by atoms with Crippen LogP contribution in [-0.2, 0) is 4.74 Å². The van der Waals surface area contributed by atoms with Crippen molar-refractivity contribution in [1.29, 1.82) is 0 Å². The summed E-state index contributed by atoms with van der Waals surface area (Å²) in [4.78, 5) is 11.8. The maximum atomic E-state index is 11.8. The summed E-state index contributed by atoms with van der Waals surface area (Å²) in [5.41, 5.74) is 6.46. The molecule has 0 saturated carbocycles. The van der Waals surface area contributed by atoms with E-state index >= 15 is 0 Å². The fourth-order valence-corrected chi connectivity index (χ4v) is 1.64. The summed E-state index contributed by atoms with van der Waals surface area (Å²) in [6.07, 6.45) is -0.725. The molecule has 5 nitrogen and oxygen atoms in total. The number of nitrogens with one attached hydrogen (secondary N) is 1. The third kappa shape index (κ3) is 4.33. The molecule has 17 heavy (non-hydrogen) atoms. The number of halogens is 1. The Kier molecular flexibility index (Phi) is 5.40. The number of anilines is 1. The van der Waals surface area contributed by atoms with Crippen LogP contribution in [0.4, 0.5) is 5.69 Å². The molecule has 0 aromatic heterocycles. The first-order chi connectivity index (χ1) is 8.04. The molecule has 0 aliphatic heterocycles. The number of nitrogen functional groups attached to an aromatic ring is 1. The van der Waals surface area contributed by atoms with Crippen LogP contribution in [0.1, 0.15) is 10.4 Å². The predicted octanol–water partition coefficient (Wildman–Crippen LogP) is 0.768. The summed E-state index contributed by atoms with van der Waals surface area (Å²) in [5, 5.41) is 12.0. The largest absolute Gasteiger partial charge is 0.398 e. The molecule has 0 aliphatic rings. The fraction of sp³-hybridized carbons (Fsp3) is 0.364. The second-order valence-corrected chi connectivity index (χ2v) is 4.47. The van der Waals surface area contributed by atoms with Gasteiger partial charge < -0.3 is 20.9 Å². The number of aliphatic hydroxyl groups is 1. The minimum Gasteiger partial charge on any atom is -0.398 e. The Labute approximate surface area is 108 Å². The molecule has 0 heterocycles. The van der Waals surface area contributed by atoms with Crippen molar-refractivity contribution in [3.05, 3.63) is 28.2 Å². The topological polar surface area (TPSA) is 84.6 Å². The van der Waals surface area contributed by atoms with Gasteiger partial charge in [0, 0.05) is 23.8 Å². The zero-order chi connectivity index (χ0) is 12.8. The second kappa shape index (κ2) is 6.58. The maximum absolute atomic E-state index is 11.8. The van der Waals surface area contributed by atoms with Gasteiger partial charge in [0.15, 0.2) is 0 Å². The first-order valence-corrected chi connectivity index (χ1v) is 5.84. The highest BCUT2D eigenvalue weighted by Crippen LogP contribution is 2.18. The first kappa shape index (κ1) is 14.0. The van der Waals surface area contributed by atoms with Crippen LogP contribution < -0.4 is 11.1 Å². The van der Waals surface area contributed by atoms with Crippen LogP contribution in [0.3, 0.4) is 0 Å². The minimum atomic E-state index is -0.725. The molecule has 0 saturated heterocycles. The summed E-state index contributed by atoms with van der Waals surface area (Å²) in [6.45, 7) is 0.298. The summed E-state index contributed by atoms with van der Waals surface area (Å²) < 4.78 is 5.52. The van der Waals surface area contributed by atoms with E-state index in [9.17, 15) is 9.90 Å². The van der Waals surface area contributed by atoms with Crippen molar-refractivity contribution in [2.75, 3.05) is 26.0 Å². The molecule has 1 amide bonds. The molecular formula is C11H15BrN2O3. The van der Waals surface area contributed by atoms with Crippen molar-refractivity contribution in [2.24, 2.45) is 0 Å². The van der Waals surface area contributed by atoms with Crippen LogP contribution >= 0.6 is 15.9 Å². The van der Waals surface area contributed by atoms with Gasteiger partial charge in [0.1, 0.15) is 0 Å². The Morgan fingerprint density at radius 2 is 2.35 bits per heavy atom. The lowest BCUT2D eigenvalue weighted by Gasteiger charge is -2.11. The number of hydrogen-bond donors (Lipinski definition) is 3. The van der Waals surface area contributed by atoms with Gasteiger partial charge in [0.05, 0.1) is 18.3 Å². The van der Waals surface area contributed by atoms with E-state index in [2.05, 4.69) is 21.2 Å². The predicted molar refractivity (Wildman–Crippen MR) is 68.8 cm³/mol. The molecule has 1 aromatic carbocycles. The van der Waals surface area contributed by atoms with Crippen LogP contribution in [0.25, 0.3) is 0 Å². The third-order valence-corrected chi connectivity index (χ3v) is 2.61. The Morgan fingerprint density at radius 1 is 1.65 bits per heavy atom. The molecule has 1 unspecified atom stereocenters. The van der Waals surface area contributed by atoms with E-state index in [0.717, 1.165) is 4.47 Å². The van der Waals surface area contributed by atoms with Crippen LogP contribution in [0.15, 0.2) is 22.7 Å². The van der Waals surface area contributed by atoms with Crippen LogP contribution in [0.2, 0.25) is 0 Å². The maximum Gasteiger partial charge on any atom is 0.253 e. The summed E-state index contributed by atoms with van der Waals surface area (Å²) in [7, 11) is 1.48. The van der Waals surface area contributed by atoms with E-state index in [1.165, 1.54) is 7.11 Å². The number of nitrogens with two attached hydrogens (primary N) is 1. The van der Waals surface area contributed by atoms with E-state index in [1.54, 1.807) is 18.2 Å². The van der Waals surface area contributed by atoms with Gasteiger partial charge in [-0.1, -0.05) is 15.9 Å². The Balaban J connectivity index is 2.61. The van der Waals surface area contributed by atoms with E-state index in [0.29, 0.717) is 11.3 Å². The lowest BCUT2D eigenvalue weighted by molar-refractivity contribution is 0.0610. The molecule has 0 fully saturated rings. The molecule has 4 N–H and O–H groups in total. The molecule has 1 aromatic rings. The van der Waals surface area contributed by atoms with Crippen LogP contribution in [0, 0.1) is 0 Å². The summed E-state index contributed by atoms with van der Waals surface area (Å²) >= 11 is 3.26. The lowest BCUT2D eigenvalue weighted by Crippen LogP contribution is -2.34. The lowest BCUT2D eigenvalue weighted by atomic mass is 10.1. The molecule has 1 atom stereocenters. The molecule has 0 radical (unpaired) electrons. The number of carbonyl (C=O) groups excluding carboxylic acids is 1. The summed E-state index contributed by atoms with van der Waals surface area (Å²) in [6, 6.07) is 5.03. The average Bonchev–Trinajstić information content (AvgIpc) is 2.29. The van der Waals surface area contributed by atoms with E-state index < -0.39 is 6.10 Å². The highest BCUT2D eigenvalue weighted by atomic mass is 79.9. The quantitative estimate of drug-likeness (QED) is 0.701. The number of benzene rings is 1. The monoisotopic (exact) mass is 302 g/mol. The van der Waals surface area contributed by atoms with Crippen LogP contribution in [0.5, 0.6) is 0 Å². The fourth-order valence-electron chi connectivity index (χ4n) is 1.28. The standard InChI is InChI=1S/C11H15BrN2O3/c1-17-6-8(15)5-14-11(16)9-4-7(12)2-3-10(9)13/h2-4,8,15H,5-6,13H2,1H3,(H,14,16). The molecule has 0 aliphatic carbocycles. The zero-order valence-electron chi connectivity index (χ0n) is 9.44. The smallest absolute Gasteiger partial charge is 0.253 e. The van der Waals surface area contributed by atoms with Crippen molar-refractivity contribution >= 4 is 27.5 Å². The van der Waals surface area contributed by atoms with Crippen molar-refractivity contribution in [3.8, 4) is 0 Å². The van der Waals surface area contributed by atoms with E-state index in [1.807, 2.05) is 0 Å². The van der Waals surface area contributed by atoms with Gasteiger partial charge in [-0.05, 0) is 18.2 Å². The van der Waals surface area contributed by atoms with Gasteiger partial charge in [-0.3, -0.25) is 4.79 Å². The number of amides is 1. The zero-order valence-corrected chi connectivity index (χ0v) is 11.0. The molecule has 0 bridgehead atoms. The third-order valence-electron chi connectivity index (χ3n) is 2.12. The Hall–Kier alpha value is -1.11. The number of hydrogen-bond acceptors (Lipinski definition) is 4. The average molecular weight is 303 g/mol. The number of carbonyl (C=O) groups is 1. The van der Waals surface area contributed by atoms with Gasteiger partial charge in [-0.15, -0.1) is 0 Å². The molecule has 1 rings (SSSR count). The number of ether oxygens (including phenoxy) is 1. The van der Waals surface area contributed by atoms with E-state index in [-0.39, 0.29) is 19.1 Å². The van der Waals surface area contributed by atoms with Gasteiger partial charge in [0.25, 0.3) is 5.91 Å². The summed E-state index contributed by atoms with van der Waals surface area (Å²) in [5.74, 6) is -0.320. The SMILES string of the molecule is COCC(O)CNC(=O)c1cc(Br)ccc1N. The first-order valence-electron chi connectivity index (χ1n) is 5.04. The van der Waals surface area contributed by atoms with Gasteiger partial charge in [-0.25, -0.2) is 0 Å². The van der Waals surface area contributed by atoms with Crippen molar-refractivity contribution in [2.45, 2.75) is 6.10 Å². The normalized spacial score (nSPS) is 12.2. The molecular weight excluding hydrogens is 288 g/mol. The Bertz CT molecular complexity index is 398. The van der Waals surface area contributed by atoms with Gasteiger partial charge in [0.2, 0.25) is 0 Å².